The lowest BCUT2D eigenvalue weighted by atomic mass is 9.78. The summed E-state index contributed by atoms with van der Waals surface area (Å²) in [6.45, 7) is 23.2. The van der Waals surface area contributed by atoms with Crippen LogP contribution in [0.5, 0.6) is 0 Å². The molecule has 111 heavy (non-hydrogen) atoms. The molecule has 25 unspecified atom stereocenters. The van der Waals surface area contributed by atoms with Crippen LogP contribution in [0.15, 0.2) is 49.1 Å². The molecule has 12 saturated heterocycles. The number of carbonyl (C=O) groups is 16. The number of methoxy groups -OCH3 is 4. The summed E-state index contributed by atoms with van der Waals surface area (Å²) in [5, 5.41) is 0. The highest BCUT2D eigenvalue weighted by Gasteiger charge is 2.76. The summed E-state index contributed by atoms with van der Waals surface area (Å²) in [7, 11) is 4.89. The molecule has 0 amide bonds. The van der Waals surface area contributed by atoms with Gasteiger partial charge >= 0.3 is 95.5 Å². The van der Waals surface area contributed by atoms with Crippen LogP contribution in [-0.2, 0) is 171 Å². The molecule has 0 N–H and O–H groups in total. The fraction of sp³-hybridized carbons (Fsp3) is 0.680. The van der Waals surface area contributed by atoms with Crippen molar-refractivity contribution in [3.05, 3.63) is 49.1 Å². The van der Waals surface area contributed by atoms with Crippen LogP contribution >= 0.6 is 0 Å². The van der Waals surface area contributed by atoms with Crippen LogP contribution in [0.2, 0.25) is 0 Å². The third-order valence-electron chi connectivity index (χ3n) is 22.3. The lowest BCUT2D eigenvalue weighted by molar-refractivity contribution is -0.175. The van der Waals surface area contributed by atoms with E-state index >= 15 is 0 Å². The average molecular weight is 1570 g/mol. The number of fused-ring (bicyclic) bond motifs is 4. The summed E-state index contributed by atoms with van der Waals surface area (Å²) in [4.78, 5) is 194. The number of hydrogen-bond acceptors (Lipinski definition) is 36. The van der Waals surface area contributed by atoms with Crippen LogP contribution in [0.25, 0.3) is 0 Å². The summed E-state index contributed by atoms with van der Waals surface area (Å²) in [5.41, 5.74) is -2.30. The molecule has 25 atom stereocenters. The Morgan fingerprint density at radius 1 is 0.432 bits per heavy atom. The monoisotopic (exact) mass is 1570 g/mol. The molecule has 12 heterocycles. The van der Waals surface area contributed by atoms with Gasteiger partial charge in [0.15, 0.2) is 48.8 Å². The molecular weight excluding hydrogens is 1480 g/mol. The van der Waals surface area contributed by atoms with E-state index in [1.165, 1.54) is 42.3 Å². The maximum atomic E-state index is 12.8. The molecule has 0 radical (unpaired) electrons. The van der Waals surface area contributed by atoms with Gasteiger partial charge in [-0.25, -0.2) is 19.2 Å². The third-order valence-corrected chi connectivity index (χ3v) is 22.3. The van der Waals surface area contributed by atoms with E-state index in [0.717, 1.165) is 38.2 Å². The molecule has 2 aliphatic carbocycles. The van der Waals surface area contributed by atoms with Gasteiger partial charge in [0.05, 0.1) is 54.1 Å². The number of rotatable bonds is 24. The molecule has 2 saturated carbocycles. The van der Waals surface area contributed by atoms with E-state index in [9.17, 15) is 76.7 Å². The number of ether oxygens (including phenoxy) is 20. The fourth-order valence-corrected chi connectivity index (χ4v) is 17.5. The fourth-order valence-electron chi connectivity index (χ4n) is 17.5. The predicted molar refractivity (Wildman–Crippen MR) is 358 cm³/mol. The van der Waals surface area contributed by atoms with E-state index in [2.05, 4.69) is 26.3 Å². The topological polar surface area (TPSA) is 458 Å². The zero-order chi connectivity index (χ0) is 80.9. The predicted octanol–water partition coefficient (Wildman–Crippen LogP) is 1.87. The van der Waals surface area contributed by atoms with Crippen molar-refractivity contribution in [2.75, 3.05) is 28.4 Å². The van der Waals surface area contributed by atoms with Crippen molar-refractivity contribution >= 4 is 95.5 Å². The van der Waals surface area contributed by atoms with E-state index in [4.69, 9.17) is 94.7 Å². The minimum Gasteiger partial charge on any atom is -0.469 e. The molecule has 0 aromatic heterocycles. The van der Waals surface area contributed by atoms with Crippen molar-refractivity contribution < 1.29 is 171 Å². The Balaban J connectivity index is 0.000000147. The van der Waals surface area contributed by atoms with Gasteiger partial charge in [-0.3, -0.25) is 57.5 Å². The highest BCUT2D eigenvalue weighted by Crippen LogP contribution is 2.56. The van der Waals surface area contributed by atoms with Gasteiger partial charge < -0.3 is 94.7 Å². The Bertz CT molecular complexity index is 3850. The van der Waals surface area contributed by atoms with Crippen LogP contribution in [0.1, 0.15) is 125 Å². The molecule has 606 valence electrons. The van der Waals surface area contributed by atoms with E-state index in [1.807, 2.05) is 0 Å². The summed E-state index contributed by atoms with van der Waals surface area (Å²) >= 11 is 0. The highest BCUT2D eigenvalue weighted by molar-refractivity contribution is 5.92. The zero-order valence-electron chi connectivity index (χ0n) is 62.7. The number of esters is 16. The van der Waals surface area contributed by atoms with Crippen LogP contribution in [0.4, 0.5) is 0 Å². The van der Waals surface area contributed by atoms with E-state index in [1.54, 1.807) is 27.7 Å². The molecule has 0 aromatic carbocycles. The number of carbonyl (C=O) groups excluding carboxylic acids is 16. The Kier molecular flexibility index (Phi) is 24.1. The first-order valence-electron chi connectivity index (χ1n) is 36.5. The smallest absolute Gasteiger partial charge is 0.333 e. The van der Waals surface area contributed by atoms with E-state index in [0.29, 0.717) is 25.7 Å². The SMILES string of the molecule is C=C(C)C(=O)OC(C)(C)CC(=O)OC1C2OC(=O)C3C2OC1C3C(=O)OC.C=C(C)C(=O)OC(C)CC(=O)OC1C2OC(=O)C3C2OC1C3C(=O)OC.C=C(C)C(=O)OC1(CC(=O)OC2C3OC(=O)C4C3OC2C4C(=O)OC)CCCC1.C=CC(=O)OC1(CC(=O)OC2C3OC(=O)C4C3OC2C4C(=O)OC)CCCCC1. The second kappa shape index (κ2) is 32.6. The molecule has 36 nitrogen and oxygen atoms in total. The van der Waals surface area contributed by atoms with Crippen molar-refractivity contribution in [3.63, 3.8) is 0 Å². The summed E-state index contributed by atoms with van der Waals surface area (Å²) in [6, 6.07) is 0. The van der Waals surface area contributed by atoms with Gasteiger partial charge in [-0.15, -0.1) is 0 Å². The molecule has 36 heteroatoms. The van der Waals surface area contributed by atoms with Gasteiger partial charge in [-0.05, 0) is 92.9 Å². The van der Waals surface area contributed by atoms with Gasteiger partial charge in [-0.2, -0.15) is 0 Å². The normalized spacial score (nSPS) is 35.1. The molecule has 14 rings (SSSR count). The van der Waals surface area contributed by atoms with Crippen molar-refractivity contribution in [1.82, 2.24) is 0 Å². The first-order chi connectivity index (χ1) is 52.4. The second-order valence-electron chi connectivity index (χ2n) is 30.6. The maximum Gasteiger partial charge on any atom is 0.333 e. The number of hydrogen-bond donors (Lipinski definition) is 0. The van der Waals surface area contributed by atoms with Crippen LogP contribution in [0.3, 0.4) is 0 Å². The van der Waals surface area contributed by atoms with Crippen LogP contribution in [-0.4, -0.2) is 245 Å². The second-order valence-corrected chi connectivity index (χ2v) is 30.6. The largest absolute Gasteiger partial charge is 0.469 e. The Morgan fingerprint density at radius 3 is 1.05 bits per heavy atom. The summed E-state index contributed by atoms with van der Waals surface area (Å²) in [5.74, 6) is -15.9. The van der Waals surface area contributed by atoms with E-state index < -0.39 is 263 Å². The van der Waals surface area contributed by atoms with Crippen molar-refractivity contribution in [1.29, 1.82) is 0 Å². The van der Waals surface area contributed by atoms with Crippen molar-refractivity contribution in [2.45, 2.75) is 246 Å². The third kappa shape index (κ3) is 16.1. The van der Waals surface area contributed by atoms with Gasteiger partial charge in [0.25, 0.3) is 0 Å². The molecular formula is C75H90O36. The molecule has 14 fully saturated rings. The zero-order valence-corrected chi connectivity index (χ0v) is 62.7. The van der Waals surface area contributed by atoms with Gasteiger partial charge in [0, 0.05) is 22.8 Å². The van der Waals surface area contributed by atoms with Crippen LogP contribution in [0, 0.1) is 47.3 Å². The van der Waals surface area contributed by atoms with E-state index in [-0.39, 0.29) is 42.4 Å². The first kappa shape index (κ1) is 82.3. The van der Waals surface area contributed by atoms with Crippen molar-refractivity contribution in [2.24, 2.45) is 47.3 Å². The Hall–Kier alpha value is -9.68. The Labute approximate surface area is 635 Å². The summed E-state index contributed by atoms with van der Waals surface area (Å²) < 4.78 is 107. The lowest BCUT2D eigenvalue weighted by Gasteiger charge is -2.36. The quantitative estimate of drug-likeness (QED) is 0.0756. The maximum absolute atomic E-state index is 12.8. The standard InChI is InChI=1S/2C20H24O9.C18H22O9.C17H20O9/c1-9(2)17(22)29-20(6-4-5-7-20)8-10(21)26-15-13-11(18(23)25-3)12-14(27-13)16(15)28-19(12)24;1-3-10(21)29-20(7-5-4-6-8-20)9-11(22)26-16-14-12(18(23)25-2)13-15(27-14)17(16)28-19(13)24;1-7(2)15(20)27-18(3,4)6-8(19)24-13-11-9(16(21)23-5)10-12(25-11)14(13)26-17(10)22;1-6(2)15(19)23-7(3)5-8(18)24-13-11-9(16(20)22-4)10-12(25-11)14(13)26-17(10)21/h11-16H,1,4-8H2,2-3H3;3,12-17H,1,4-9H2,2H3;9-14H,1,6H2,2-5H3;7,9-14H,1,5H2,2-4H3. The minimum absolute atomic E-state index is 0.118. The summed E-state index contributed by atoms with van der Waals surface area (Å²) in [6.07, 6.45) is -6.04. The average Bonchev–Trinajstić information content (AvgIpc) is 1.57. The minimum atomic E-state index is -1.12. The molecule has 0 aromatic rings. The lowest BCUT2D eigenvalue weighted by Crippen LogP contribution is -2.48. The van der Waals surface area contributed by atoms with Gasteiger partial charge in [-0.1, -0.05) is 32.7 Å². The Morgan fingerprint density at radius 2 is 0.739 bits per heavy atom. The molecule has 12 aliphatic heterocycles. The molecule has 0 spiro atoms. The highest BCUT2D eigenvalue weighted by atomic mass is 16.7. The van der Waals surface area contributed by atoms with Gasteiger partial charge in [0.2, 0.25) is 0 Å². The van der Waals surface area contributed by atoms with Crippen LogP contribution < -0.4 is 0 Å². The molecule has 8 bridgehead atoms. The first-order valence-corrected chi connectivity index (χ1v) is 36.5. The van der Waals surface area contributed by atoms with Crippen molar-refractivity contribution in [3.8, 4) is 0 Å². The van der Waals surface area contributed by atoms with Gasteiger partial charge in [0.1, 0.15) is 119 Å². The molecule has 14 aliphatic rings.